The fraction of sp³-hybridized carbons (Fsp3) is 0.400. The molecule has 0 aliphatic heterocycles. The molecule has 3 fully saturated rings. The van der Waals surface area contributed by atoms with Crippen LogP contribution in [0, 0.1) is 29.5 Å². The number of halogens is 3. The fourth-order valence-corrected chi connectivity index (χ4v) is 6.09. The van der Waals surface area contributed by atoms with Gasteiger partial charge in [0.25, 0.3) is 0 Å². The van der Waals surface area contributed by atoms with Gasteiger partial charge in [0.05, 0.1) is 17.8 Å². The van der Waals surface area contributed by atoms with Crippen molar-refractivity contribution in [1.82, 2.24) is 29.7 Å². The van der Waals surface area contributed by atoms with Gasteiger partial charge in [-0.2, -0.15) is 13.9 Å². The average Bonchev–Trinajstić information content (AvgIpc) is 3.52. The zero-order chi connectivity index (χ0) is 25.0. The second-order valence-electron chi connectivity index (χ2n) is 9.69. The van der Waals surface area contributed by atoms with E-state index in [-0.39, 0.29) is 23.4 Å². The first kappa shape index (κ1) is 22.7. The monoisotopic (exact) mass is 496 g/mol. The molecule has 2 unspecified atom stereocenters. The quantitative estimate of drug-likeness (QED) is 0.385. The highest BCUT2D eigenvalue weighted by Crippen LogP contribution is 2.50. The zero-order valence-electron chi connectivity index (χ0n) is 19.1. The van der Waals surface area contributed by atoms with E-state index in [2.05, 4.69) is 20.1 Å². The lowest BCUT2D eigenvalue weighted by molar-refractivity contribution is -0.152. The van der Waals surface area contributed by atoms with Gasteiger partial charge in [-0.3, -0.25) is 4.79 Å². The highest BCUT2D eigenvalue weighted by molar-refractivity contribution is 5.91. The number of aromatic amines is 1. The average molecular weight is 496 g/mol. The van der Waals surface area contributed by atoms with E-state index in [1.165, 1.54) is 18.3 Å². The molecular formula is C25H23F3N6O2. The lowest BCUT2D eigenvalue weighted by atomic mass is 9.57. The van der Waals surface area contributed by atoms with Crippen LogP contribution in [-0.4, -0.2) is 40.8 Å². The van der Waals surface area contributed by atoms with Crippen LogP contribution in [0.4, 0.5) is 13.2 Å². The number of rotatable bonds is 6. The highest BCUT2D eigenvalue weighted by Gasteiger charge is 2.47. The van der Waals surface area contributed by atoms with Crippen molar-refractivity contribution in [3.05, 3.63) is 48.3 Å². The molecule has 2 N–H and O–H groups in total. The largest absolute Gasteiger partial charge is 0.481 e. The van der Waals surface area contributed by atoms with Crippen LogP contribution in [0.1, 0.15) is 37.9 Å². The van der Waals surface area contributed by atoms with Gasteiger partial charge in [-0.05, 0) is 68.1 Å². The molecule has 8 nitrogen and oxygen atoms in total. The van der Waals surface area contributed by atoms with E-state index in [1.807, 2.05) is 0 Å². The lowest BCUT2D eigenvalue weighted by Crippen LogP contribution is -2.45. The van der Waals surface area contributed by atoms with Crippen molar-refractivity contribution in [2.45, 2.75) is 38.7 Å². The van der Waals surface area contributed by atoms with Crippen molar-refractivity contribution in [3.63, 3.8) is 0 Å². The second kappa shape index (κ2) is 8.72. The lowest BCUT2D eigenvalue weighted by Gasteiger charge is -2.46. The molecule has 4 aromatic rings. The molecule has 0 amide bonds. The molecule has 3 saturated carbocycles. The van der Waals surface area contributed by atoms with Crippen LogP contribution < -0.4 is 0 Å². The molecule has 0 radical (unpaired) electrons. The maximum absolute atomic E-state index is 14.0. The summed E-state index contributed by atoms with van der Waals surface area (Å²) in [5.74, 6) is -1.10. The molecule has 3 aliphatic carbocycles. The van der Waals surface area contributed by atoms with Gasteiger partial charge in [0, 0.05) is 29.0 Å². The van der Waals surface area contributed by atoms with E-state index in [9.17, 15) is 23.1 Å². The number of hydrogen-bond donors (Lipinski definition) is 2. The first-order valence-corrected chi connectivity index (χ1v) is 11.9. The molecule has 4 heterocycles. The van der Waals surface area contributed by atoms with Gasteiger partial charge < -0.3 is 10.1 Å². The predicted molar refractivity (Wildman–Crippen MR) is 123 cm³/mol. The predicted octanol–water partition coefficient (Wildman–Crippen LogP) is 5.10. The Kier molecular flexibility index (Phi) is 5.50. The maximum atomic E-state index is 14.0. The number of carboxylic acids is 1. The summed E-state index contributed by atoms with van der Waals surface area (Å²) in [6.45, 7) is -2.80. The van der Waals surface area contributed by atoms with Gasteiger partial charge in [0.1, 0.15) is 17.2 Å². The Morgan fingerprint density at radius 1 is 1.14 bits per heavy atom. The van der Waals surface area contributed by atoms with Crippen LogP contribution in [0.5, 0.6) is 0 Å². The number of aliphatic carboxylic acids is 1. The standard InChI is InChI=1S/C25H23F3N6O2/c26-14-7-17-18(11-30-22(17)29-10-14)23-31-15(9-20(32-23)19-5-6-34(33-19)25(27)28)8-16-12-1-3-13(4-2-12)21(16)24(35)36/h5-7,9-13,16,21,25H,1-4,8H2,(H,29,30)(H,35,36). The van der Waals surface area contributed by atoms with Crippen LogP contribution in [-0.2, 0) is 11.2 Å². The van der Waals surface area contributed by atoms with Gasteiger partial charge in [-0.25, -0.2) is 24.0 Å². The molecule has 0 spiro atoms. The Labute approximate surface area is 203 Å². The number of H-pyrrole nitrogens is 1. The number of nitrogens with one attached hydrogen (secondary N) is 1. The molecule has 4 aromatic heterocycles. The molecule has 186 valence electrons. The van der Waals surface area contributed by atoms with Gasteiger partial charge in [0.15, 0.2) is 5.82 Å². The van der Waals surface area contributed by atoms with Crippen molar-refractivity contribution in [2.75, 3.05) is 0 Å². The third kappa shape index (κ3) is 3.92. The summed E-state index contributed by atoms with van der Waals surface area (Å²) in [7, 11) is 0. The van der Waals surface area contributed by atoms with E-state index >= 15 is 0 Å². The van der Waals surface area contributed by atoms with Gasteiger partial charge in [0.2, 0.25) is 0 Å². The number of pyridine rings is 1. The number of alkyl halides is 2. The van der Waals surface area contributed by atoms with Gasteiger partial charge in [-0.1, -0.05) is 0 Å². The van der Waals surface area contributed by atoms with Crippen LogP contribution in [0.2, 0.25) is 0 Å². The number of carboxylic acid groups (broad SMARTS) is 1. The van der Waals surface area contributed by atoms with Crippen LogP contribution in [0.3, 0.4) is 0 Å². The Balaban J connectivity index is 1.45. The SMILES string of the molecule is O=C(O)C1C2CCC(CC2)C1Cc1cc(-c2ccn(C(F)F)n2)nc(-c2c[nH]c3ncc(F)cc23)n1. The Hall–Kier alpha value is -3.76. The van der Waals surface area contributed by atoms with Gasteiger partial charge in [-0.15, -0.1) is 0 Å². The molecule has 0 saturated heterocycles. The molecule has 36 heavy (non-hydrogen) atoms. The fourth-order valence-electron chi connectivity index (χ4n) is 6.09. The molecule has 2 atom stereocenters. The van der Waals surface area contributed by atoms with E-state index in [0.29, 0.717) is 45.0 Å². The molecule has 2 bridgehead atoms. The topological polar surface area (TPSA) is 110 Å². The third-order valence-electron chi connectivity index (χ3n) is 7.71. The summed E-state index contributed by atoms with van der Waals surface area (Å²) in [5, 5.41) is 14.4. The number of aromatic nitrogens is 6. The van der Waals surface area contributed by atoms with E-state index < -0.39 is 24.3 Å². The first-order chi connectivity index (χ1) is 17.4. The molecular weight excluding hydrogens is 473 g/mol. The molecule has 7 rings (SSSR count). The molecule has 3 aliphatic rings. The van der Waals surface area contributed by atoms with Crippen LogP contribution >= 0.6 is 0 Å². The third-order valence-corrected chi connectivity index (χ3v) is 7.71. The Morgan fingerprint density at radius 2 is 1.92 bits per heavy atom. The van der Waals surface area contributed by atoms with E-state index in [0.717, 1.165) is 31.9 Å². The van der Waals surface area contributed by atoms with Crippen LogP contribution in [0.15, 0.2) is 36.8 Å². The smallest absolute Gasteiger partial charge is 0.333 e. The van der Waals surface area contributed by atoms with Gasteiger partial charge >= 0.3 is 12.5 Å². The highest BCUT2D eigenvalue weighted by atomic mass is 19.3. The summed E-state index contributed by atoms with van der Waals surface area (Å²) >= 11 is 0. The minimum Gasteiger partial charge on any atom is -0.481 e. The van der Waals surface area contributed by atoms with Crippen molar-refractivity contribution in [2.24, 2.45) is 23.7 Å². The normalized spacial score (nSPS) is 23.6. The van der Waals surface area contributed by atoms with E-state index in [4.69, 9.17) is 4.98 Å². The van der Waals surface area contributed by atoms with Crippen molar-refractivity contribution in [3.8, 4) is 22.8 Å². The second-order valence-corrected chi connectivity index (χ2v) is 9.69. The minimum atomic E-state index is -2.80. The van der Waals surface area contributed by atoms with Crippen molar-refractivity contribution >= 4 is 17.0 Å². The molecule has 11 heteroatoms. The summed E-state index contributed by atoms with van der Waals surface area (Å²) in [6, 6.07) is 4.47. The summed E-state index contributed by atoms with van der Waals surface area (Å²) in [5.41, 5.74) is 2.14. The minimum absolute atomic E-state index is 0.0775. The number of fused-ring (bicyclic) bond motifs is 4. The zero-order valence-corrected chi connectivity index (χ0v) is 19.1. The Bertz CT molecular complexity index is 1440. The maximum Gasteiger partial charge on any atom is 0.333 e. The van der Waals surface area contributed by atoms with Crippen molar-refractivity contribution < 1.29 is 23.1 Å². The van der Waals surface area contributed by atoms with Crippen molar-refractivity contribution in [1.29, 1.82) is 0 Å². The number of carbonyl (C=O) groups is 1. The summed E-state index contributed by atoms with van der Waals surface area (Å²) in [6.07, 6.45) is 8.17. The summed E-state index contributed by atoms with van der Waals surface area (Å²) < 4.78 is 40.9. The van der Waals surface area contributed by atoms with Crippen LogP contribution in [0.25, 0.3) is 33.8 Å². The molecule has 0 aromatic carbocycles. The first-order valence-electron chi connectivity index (χ1n) is 11.9. The number of hydrogen-bond acceptors (Lipinski definition) is 5. The van der Waals surface area contributed by atoms with E-state index in [1.54, 1.807) is 12.3 Å². The Morgan fingerprint density at radius 3 is 2.64 bits per heavy atom. The summed E-state index contributed by atoms with van der Waals surface area (Å²) in [4.78, 5) is 28.5. The number of nitrogens with zero attached hydrogens (tertiary/aromatic N) is 5.